The summed E-state index contributed by atoms with van der Waals surface area (Å²) >= 11 is 5.90. The summed E-state index contributed by atoms with van der Waals surface area (Å²) in [5.74, 6) is -1.45. The van der Waals surface area contributed by atoms with Crippen LogP contribution in [0.4, 0.5) is 5.69 Å². The number of nitrogens with one attached hydrogen (secondary N) is 1. The Labute approximate surface area is 148 Å². The Morgan fingerprint density at radius 2 is 1.96 bits per heavy atom. The van der Waals surface area contributed by atoms with Crippen LogP contribution in [-0.2, 0) is 12.8 Å². The number of pyridine rings is 1. The molecule has 126 valence electrons. The highest BCUT2D eigenvalue weighted by atomic mass is 35.5. The van der Waals surface area contributed by atoms with Gasteiger partial charge in [-0.1, -0.05) is 35.9 Å². The molecule has 6 heteroatoms. The molecule has 0 unspecified atom stereocenters. The van der Waals surface area contributed by atoms with E-state index >= 15 is 0 Å². The lowest BCUT2D eigenvalue weighted by Gasteiger charge is -2.13. The number of aromatic carboxylic acids is 1. The van der Waals surface area contributed by atoms with Crippen molar-refractivity contribution in [2.75, 3.05) is 11.9 Å². The Morgan fingerprint density at radius 1 is 1.20 bits per heavy atom. The third-order valence-electron chi connectivity index (χ3n) is 4.49. The summed E-state index contributed by atoms with van der Waals surface area (Å²) in [6, 6.07) is 10.8. The Hall–Kier alpha value is -2.79. The van der Waals surface area contributed by atoms with Gasteiger partial charge in [0.15, 0.2) is 5.75 Å². The molecular formula is C19H15ClN2O3. The molecule has 1 aliphatic heterocycles. The molecule has 1 aromatic heterocycles. The highest BCUT2D eigenvalue weighted by molar-refractivity contribution is 6.30. The smallest absolute Gasteiger partial charge is 0.340 e. The molecule has 3 N–H and O–H groups in total. The average molecular weight is 355 g/mol. The third kappa shape index (κ3) is 2.66. The minimum atomic E-state index is -1.17. The van der Waals surface area contributed by atoms with E-state index in [9.17, 15) is 15.0 Å². The van der Waals surface area contributed by atoms with Crippen LogP contribution < -0.4 is 5.32 Å². The van der Waals surface area contributed by atoms with Gasteiger partial charge in [-0.2, -0.15) is 0 Å². The molecule has 1 aliphatic rings. The summed E-state index contributed by atoms with van der Waals surface area (Å²) in [6.07, 6.45) is 1.20. The highest BCUT2D eigenvalue weighted by Crippen LogP contribution is 2.37. The van der Waals surface area contributed by atoms with Crippen LogP contribution in [0, 0.1) is 0 Å². The topological polar surface area (TPSA) is 82.5 Å². The number of aromatic hydroxyl groups is 1. The molecule has 0 amide bonds. The first-order valence-corrected chi connectivity index (χ1v) is 8.31. The molecule has 0 atom stereocenters. The molecule has 25 heavy (non-hydrogen) atoms. The number of anilines is 1. The largest absolute Gasteiger partial charge is 0.505 e. The van der Waals surface area contributed by atoms with Gasteiger partial charge in [0.05, 0.1) is 16.9 Å². The maximum Gasteiger partial charge on any atom is 0.340 e. The van der Waals surface area contributed by atoms with Gasteiger partial charge in [0.1, 0.15) is 5.56 Å². The maximum absolute atomic E-state index is 11.8. The lowest BCUT2D eigenvalue weighted by molar-refractivity contribution is 0.0695. The number of hydrogen-bond acceptors (Lipinski definition) is 4. The maximum atomic E-state index is 11.8. The SMILES string of the molecule is O=C(O)c1c(O)c(Cc2ccc(Cl)cc2)nc2c3c(ccc12)CCN3. The summed E-state index contributed by atoms with van der Waals surface area (Å²) in [7, 11) is 0. The van der Waals surface area contributed by atoms with E-state index in [4.69, 9.17) is 11.6 Å². The summed E-state index contributed by atoms with van der Waals surface area (Å²) in [5.41, 5.74) is 3.69. The molecule has 0 saturated carbocycles. The number of rotatable bonds is 3. The van der Waals surface area contributed by atoms with Gasteiger partial charge in [-0.3, -0.25) is 0 Å². The van der Waals surface area contributed by atoms with E-state index in [1.807, 2.05) is 18.2 Å². The zero-order chi connectivity index (χ0) is 17.6. The minimum Gasteiger partial charge on any atom is -0.505 e. The van der Waals surface area contributed by atoms with Gasteiger partial charge in [-0.05, 0) is 29.7 Å². The zero-order valence-electron chi connectivity index (χ0n) is 13.2. The average Bonchev–Trinajstić information content (AvgIpc) is 3.06. The summed E-state index contributed by atoms with van der Waals surface area (Å²) < 4.78 is 0. The molecule has 5 nitrogen and oxygen atoms in total. The van der Waals surface area contributed by atoms with Crippen molar-refractivity contribution in [3.05, 3.63) is 63.8 Å². The van der Waals surface area contributed by atoms with Crippen LogP contribution in [0.5, 0.6) is 5.75 Å². The van der Waals surface area contributed by atoms with E-state index in [2.05, 4.69) is 10.3 Å². The van der Waals surface area contributed by atoms with E-state index in [1.165, 1.54) is 0 Å². The van der Waals surface area contributed by atoms with E-state index in [0.717, 1.165) is 29.8 Å². The monoisotopic (exact) mass is 354 g/mol. The Morgan fingerprint density at radius 3 is 2.68 bits per heavy atom. The van der Waals surface area contributed by atoms with Crippen LogP contribution in [0.25, 0.3) is 10.9 Å². The summed E-state index contributed by atoms with van der Waals surface area (Å²) in [4.78, 5) is 16.4. The second kappa shape index (κ2) is 5.93. The number of nitrogens with zero attached hydrogens (tertiary/aromatic N) is 1. The fourth-order valence-corrected chi connectivity index (χ4v) is 3.40. The molecule has 0 saturated heterocycles. The van der Waals surface area contributed by atoms with Crippen LogP contribution in [-0.4, -0.2) is 27.7 Å². The van der Waals surface area contributed by atoms with Crippen LogP contribution in [0.1, 0.15) is 27.2 Å². The summed E-state index contributed by atoms with van der Waals surface area (Å²) in [6.45, 7) is 0.798. The van der Waals surface area contributed by atoms with E-state index in [-0.39, 0.29) is 11.3 Å². The number of fused-ring (bicyclic) bond motifs is 3. The van der Waals surface area contributed by atoms with Crippen LogP contribution in [0.15, 0.2) is 36.4 Å². The quantitative estimate of drug-likeness (QED) is 0.665. The van der Waals surface area contributed by atoms with Gasteiger partial charge in [0.25, 0.3) is 0 Å². The van der Waals surface area contributed by atoms with Gasteiger partial charge in [0, 0.05) is 23.4 Å². The number of carbonyl (C=O) groups is 1. The first-order valence-electron chi connectivity index (χ1n) is 7.93. The van der Waals surface area contributed by atoms with Crippen LogP contribution >= 0.6 is 11.6 Å². The lowest BCUT2D eigenvalue weighted by Crippen LogP contribution is -2.05. The first-order chi connectivity index (χ1) is 12.0. The third-order valence-corrected chi connectivity index (χ3v) is 4.74. The molecule has 4 rings (SSSR count). The second-order valence-electron chi connectivity index (χ2n) is 6.06. The second-order valence-corrected chi connectivity index (χ2v) is 6.50. The fourth-order valence-electron chi connectivity index (χ4n) is 3.27. The highest BCUT2D eigenvalue weighted by Gasteiger charge is 2.24. The van der Waals surface area contributed by atoms with Gasteiger partial charge in [-0.15, -0.1) is 0 Å². The van der Waals surface area contributed by atoms with Crippen molar-refractivity contribution in [3.63, 3.8) is 0 Å². The molecule has 0 fully saturated rings. The fraction of sp³-hybridized carbons (Fsp3) is 0.158. The van der Waals surface area contributed by atoms with Gasteiger partial charge in [0.2, 0.25) is 0 Å². The van der Waals surface area contributed by atoms with Gasteiger partial charge < -0.3 is 15.5 Å². The van der Waals surface area contributed by atoms with Crippen molar-refractivity contribution in [1.82, 2.24) is 4.98 Å². The number of aromatic nitrogens is 1. The van der Waals surface area contributed by atoms with Crippen molar-refractivity contribution in [2.45, 2.75) is 12.8 Å². The summed E-state index contributed by atoms with van der Waals surface area (Å²) in [5, 5.41) is 24.5. The van der Waals surface area contributed by atoms with E-state index in [0.29, 0.717) is 28.0 Å². The normalized spacial score (nSPS) is 12.8. The predicted octanol–water partition coefficient (Wildman–Crippen LogP) is 3.85. The standard InChI is InChI=1S/C19H15ClN2O3/c20-12-4-1-10(2-5-12)9-14-18(23)15(19(24)25)13-6-3-11-7-8-21-16(11)17(13)22-14/h1-6,21,23H,7-9H2,(H,24,25). The van der Waals surface area contributed by atoms with Gasteiger partial charge in [-0.25, -0.2) is 9.78 Å². The van der Waals surface area contributed by atoms with Crippen molar-refractivity contribution < 1.29 is 15.0 Å². The van der Waals surface area contributed by atoms with Gasteiger partial charge >= 0.3 is 5.97 Å². The van der Waals surface area contributed by atoms with Crippen molar-refractivity contribution in [1.29, 1.82) is 0 Å². The molecule has 0 bridgehead atoms. The molecule has 2 aromatic carbocycles. The number of carboxylic acid groups (broad SMARTS) is 1. The van der Waals surface area contributed by atoms with Crippen molar-refractivity contribution in [2.24, 2.45) is 0 Å². The van der Waals surface area contributed by atoms with Crippen LogP contribution in [0.3, 0.4) is 0 Å². The molecule has 3 aromatic rings. The Kier molecular flexibility index (Phi) is 3.73. The van der Waals surface area contributed by atoms with E-state index < -0.39 is 5.97 Å². The van der Waals surface area contributed by atoms with Crippen molar-refractivity contribution >= 4 is 34.2 Å². The number of hydrogen-bond donors (Lipinski definition) is 3. The molecule has 0 spiro atoms. The predicted molar refractivity (Wildman–Crippen MR) is 96.8 cm³/mol. The Balaban J connectivity index is 1.93. The van der Waals surface area contributed by atoms with Crippen molar-refractivity contribution in [3.8, 4) is 5.75 Å². The van der Waals surface area contributed by atoms with Crippen LogP contribution in [0.2, 0.25) is 5.02 Å². The minimum absolute atomic E-state index is 0.106. The molecule has 0 aliphatic carbocycles. The molecule has 0 radical (unpaired) electrons. The number of benzene rings is 2. The molecular weight excluding hydrogens is 340 g/mol. The molecule has 2 heterocycles. The zero-order valence-corrected chi connectivity index (χ0v) is 14.0. The Bertz CT molecular complexity index is 1000. The lowest BCUT2D eigenvalue weighted by atomic mass is 10.00. The first kappa shape index (κ1) is 15.7. The number of halogens is 1. The number of carboxylic acids is 1. The van der Waals surface area contributed by atoms with E-state index in [1.54, 1.807) is 18.2 Å².